The maximum absolute atomic E-state index is 5.95. The van der Waals surface area contributed by atoms with Crippen LogP contribution in [0.3, 0.4) is 0 Å². The lowest BCUT2D eigenvalue weighted by atomic mass is 9.93. The number of likely N-dealkylation sites (N-methyl/N-ethyl adjacent to an activating group) is 1. The molecule has 0 aromatic carbocycles. The maximum atomic E-state index is 5.95. The monoisotopic (exact) mass is 222 g/mol. The Labute approximate surface area is 97.4 Å². The zero-order chi connectivity index (χ0) is 11.8. The molecular formula is C12H22N4. The number of nitrogens with two attached hydrogens (primary N) is 1. The minimum atomic E-state index is 0.149. The van der Waals surface area contributed by atoms with Gasteiger partial charge in [0.25, 0.3) is 0 Å². The SMILES string of the molecule is CN(Cc1cnn(C)c1)C(C)(CN)C1CC1. The average Bonchev–Trinajstić information content (AvgIpc) is 3.03. The van der Waals surface area contributed by atoms with E-state index < -0.39 is 0 Å². The Kier molecular flexibility index (Phi) is 3.04. The van der Waals surface area contributed by atoms with Crippen LogP contribution in [0.4, 0.5) is 0 Å². The Bertz CT molecular complexity index is 356. The first-order valence-electron chi connectivity index (χ1n) is 5.95. The molecule has 0 spiro atoms. The Morgan fingerprint density at radius 1 is 1.62 bits per heavy atom. The molecule has 2 rings (SSSR count). The average molecular weight is 222 g/mol. The van der Waals surface area contributed by atoms with Gasteiger partial charge in [0.15, 0.2) is 0 Å². The normalized spacial score (nSPS) is 20.1. The fourth-order valence-electron chi connectivity index (χ4n) is 2.35. The largest absolute Gasteiger partial charge is 0.329 e. The van der Waals surface area contributed by atoms with Gasteiger partial charge in [-0.2, -0.15) is 5.10 Å². The molecule has 0 saturated heterocycles. The highest BCUT2D eigenvalue weighted by Crippen LogP contribution is 2.42. The summed E-state index contributed by atoms with van der Waals surface area (Å²) in [6.07, 6.45) is 6.65. The van der Waals surface area contributed by atoms with E-state index in [1.807, 2.05) is 17.9 Å². The lowest BCUT2D eigenvalue weighted by Crippen LogP contribution is -2.51. The lowest BCUT2D eigenvalue weighted by Gasteiger charge is -2.38. The van der Waals surface area contributed by atoms with Crippen LogP contribution < -0.4 is 5.73 Å². The molecule has 0 aliphatic heterocycles. The van der Waals surface area contributed by atoms with E-state index in [-0.39, 0.29) is 5.54 Å². The number of rotatable bonds is 5. The number of nitrogens with zero attached hydrogens (tertiary/aromatic N) is 3. The van der Waals surface area contributed by atoms with E-state index >= 15 is 0 Å². The van der Waals surface area contributed by atoms with Crippen LogP contribution in [-0.4, -0.2) is 33.8 Å². The summed E-state index contributed by atoms with van der Waals surface area (Å²) in [5, 5.41) is 4.20. The molecule has 1 unspecified atom stereocenters. The molecular weight excluding hydrogens is 200 g/mol. The van der Waals surface area contributed by atoms with Crippen molar-refractivity contribution in [3.05, 3.63) is 18.0 Å². The number of hydrogen-bond donors (Lipinski definition) is 1. The van der Waals surface area contributed by atoms with Crippen molar-refractivity contribution in [2.45, 2.75) is 31.8 Å². The van der Waals surface area contributed by atoms with Crippen molar-refractivity contribution in [1.82, 2.24) is 14.7 Å². The zero-order valence-corrected chi connectivity index (χ0v) is 10.5. The van der Waals surface area contributed by atoms with Gasteiger partial charge in [0.1, 0.15) is 0 Å². The van der Waals surface area contributed by atoms with Crippen LogP contribution in [0.5, 0.6) is 0 Å². The molecule has 4 nitrogen and oxygen atoms in total. The van der Waals surface area contributed by atoms with Gasteiger partial charge in [0, 0.05) is 37.4 Å². The molecule has 4 heteroatoms. The van der Waals surface area contributed by atoms with Gasteiger partial charge in [0.05, 0.1) is 6.20 Å². The highest BCUT2D eigenvalue weighted by atomic mass is 15.3. The summed E-state index contributed by atoms with van der Waals surface area (Å²) < 4.78 is 1.85. The highest BCUT2D eigenvalue weighted by molar-refractivity contribution is 5.07. The smallest absolute Gasteiger partial charge is 0.0534 e. The van der Waals surface area contributed by atoms with Gasteiger partial charge in [0.2, 0.25) is 0 Å². The third-order valence-electron chi connectivity index (χ3n) is 3.92. The van der Waals surface area contributed by atoms with E-state index in [9.17, 15) is 0 Å². The number of aromatic nitrogens is 2. The lowest BCUT2D eigenvalue weighted by molar-refractivity contribution is 0.113. The van der Waals surface area contributed by atoms with Crippen molar-refractivity contribution in [1.29, 1.82) is 0 Å². The summed E-state index contributed by atoms with van der Waals surface area (Å²) in [5.41, 5.74) is 7.35. The molecule has 1 atom stereocenters. The van der Waals surface area contributed by atoms with Crippen LogP contribution in [0.2, 0.25) is 0 Å². The van der Waals surface area contributed by atoms with Gasteiger partial charge in [-0.3, -0.25) is 9.58 Å². The summed E-state index contributed by atoms with van der Waals surface area (Å²) >= 11 is 0. The van der Waals surface area contributed by atoms with Crippen molar-refractivity contribution in [3.63, 3.8) is 0 Å². The minimum Gasteiger partial charge on any atom is -0.329 e. The van der Waals surface area contributed by atoms with E-state index in [1.54, 1.807) is 0 Å². The van der Waals surface area contributed by atoms with Gasteiger partial charge in [-0.1, -0.05) is 0 Å². The molecule has 1 aliphatic rings. The standard InChI is InChI=1S/C12H22N4/c1-12(9-13,11-4-5-11)15(2)7-10-6-14-16(3)8-10/h6,8,11H,4-5,7,9,13H2,1-3H3. The van der Waals surface area contributed by atoms with Crippen molar-refractivity contribution >= 4 is 0 Å². The van der Waals surface area contributed by atoms with E-state index in [4.69, 9.17) is 5.73 Å². The third-order valence-corrected chi connectivity index (χ3v) is 3.92. The number of hydrogen-bond acceptors (Lipinski definition) is 3. The summed E-state index contributed by atoms with van der Waals surface area (Å²) in [5.74, 6) is 0.777. The van der Waals surface area contributed by atoms with E-state index in [1.165, 1.54) is 18.4 Å². The zero-order valence-electron chi connectivity index (χ0n) is 10.5. The first-order valence-corrected chi connectivity index (χ1v) is 5.95. The highest BCUT2D eigenvalue weighted by Gasteiger charge is 2.43. The van der Waals surface area contributed by atoms with Crippen LogP contribution in [0, 0.1) is 5.92 Å². The van der Waals surface area contributed by atoms with E-state index in [2.05, 4.69) is 30.2 Å². The van der Waals surface area contributed by atoms with Gasteiger partial charge >= 0.3 is 0 Å². The van der Waals surface area contributed by atoms with Crippen LogP contribution in [-0.2, 0) is 13.6 Å². The maximum Gasteiger partial charge on any atom is 0.0534 e. The number of aryl methyl sites for hydroxylation is 1. The molecule has 2 N–H and O–H groups in total. The molecule has 0 radical (unpaired) electrons. The fourth-order valence-corrected chi connectivity index (χ4v) is 2.35. The second-order valence-corrected chi connectivity index (χ2v) is 5.21. The van der Waals surface area contributed by atoms with E-state index in [0.29, 0.717) is 0 Å². The minimum absolute atomic E-state index is 0.149. The Balaban J connectivity index is 2.03. The van der Waals surface area contributed by atoms with Crippen LogP contribution in [0.25, 0.3) is 0 Å². The topological polar surface area (TPSA) is 47.1 Å². The van der Waals surface area contributed by atoms with Crippen molar-refractivity contribution in [2.24, 2.45) is 18.7 Å². The molecule has 1 saturated carbocycles. The molecule has 90 valence electrons. The summed E-state index contributed by atoms with van der Waals surface area (Å²) in [6.45, 7) is 3.94. The van der Waals surface area contributed by atoms with E-state index in [0.717, 1.165) is 19.0 Å². The third kappa shape index (κ3) is 2.13. The van der Waals surface area contributed by atoms with Crippen LogP contribution in [0.15, 0.2) is 12.4 Å². The Morgan fingerprint density at radius 2 is 2.31 bits per heavy atom. The molecule has 1 aliphatic carbocycles. The molecule has 1 aromatic rings. The predicted octanol–water partition coefficient (Wildman–Crippen LogP) is 0.979. The van der Waals surface area contributed by atoms with Gasteiger partial charge in [-0.25, -0.2) is 0 Å². The summed E-state index contributed by atoms with van der Waals surface area (Å²) in [7, 11) is 4.12. The Hall–Kier alpha value is -0.870. The molecule has 1 aromatic heterocycles. The molecule has 0 amide bonds. The van der Waals surface area contributed by atoms with Crippen LogP contribution >= 0.6 is 0 Å². The summed E-state index contributed by atoms with van der Waals surface area (Å²) in [4.78, 5) is 2.38. The van der Waals surface area contributed by atoms with Gasteiger partial charge < -0.3 is 5.73 Å². The summed E-state index contributed by atoms with van der Waals surface area (Å²) in [6, 6.07) is 0. The predicted molar refractivity (Wildman–Crippen MR) is 64.9 cm³/mol. The second kappa shape index (κ2) is 4.18. The van der Waals surface area contributed by atoms with Crippen LogP contribution in [0.1, 0.15) is 25.3 Å². The first kappa shape index (κ1) is 11.6. The Morgan fingerprint density at radius 3 is 2.75 bits per heavy atom. The second-order valence-electron chi connectivity index (χ2n) is 5.21. The first-order chi connectivity index (χ1) is 7.56. The fraction of sp³-hybridized carbons (Fsp3) is 0.750. The van der Waals surface area contributed by atoms with Gasteiger partial charge in [-0.15, -0.1) is 0 Å². The van der Waals surface area contributed by atoms with Gasteiger partial charge in [-0.05, 0) is 32.7 Å². The molecule has 0 bridgehead atoms. The molecule has 16 heavy (non-hydrogen) atoms. The van der Waals surface area contributed by atoms with Crippen molar-refractivity contribution in [2.75, 3.05) is 13.6 Å². The van der Waals surface area contributed by atoms with Crippen molar-refractivity contribution < 1.29 is 0 Å². The quantitative estimate of drug-likeness (QED) is 0.808. The molecule has 1 heterocycles. The molecule has 1 fully saturated rings. The van der Waals surface area contributed by atoms with Crippen molar-refractivity contribution in [3.8, 4) is 0 Å².